The third kappa shape index (κ3) is 5.60. The van der Waals surface area contributed by atoms with E-state index in [1.54, 1.807) is 6.07 Å². The maximum Gasteiger partial charge on any atom is 0.416 e. The molecule has 0 spiro atoms. The van der Waals surface area contributed by atoms with Crippen molar-refractivity contribution in [2.75, 3.05) is 19.6 Å². The average Bonchev–Trinajstić information content (AvgIpc) is 3.07. The fourth-order valence-corrected chi connectivity index (χ4v) is 3.23. The Kier molecular flexibility index (Phi) is 7.89. The van der Waals surface area contributed by atoms with Crippen molar-refractivity contribution in [3.05, 3.63) is 35.4 Å². The van der Waals surface area contributed by atoms with Crippen LogP contribution < -0.4 is 16.4 Å². The highest BCUT2D eigenvalue weighted by Gasteiger charge is 2.38. The zero-order chi connectivity index (χ0) is 18.5. The van der Waals surface area contributed by atoms with E-state index in [-0.39, 0.29) is 37.9 Å². The van der Waals surface area contributed by atoms with Gasteiger partial charge in [-0.1, -0.05) is 31.0 Å². The van der Waals surface area contributed by atoms with Crippen LogP contribution in [0.3, 0.4) is 0 Å². The van der Waals surface area contributed by atoms with Crippen LogP contribution in [0.25, 0.3) is 0 Å². The molecular weight excluding hydrogens is 371 g/mol. The standard InChI is InChI=1S/C17H22F3N3O2.ClH/c18-17(19,20)13-5-3-4-12(8-13)16(6-1-2-7-16)11-23-15(25)10-22-14(24)9-21;/h3-5,8H,1-2,6-7,9-11,21H2,(H,22,24)(H,23,25);1H. The van der Waals surface area contributed by atoms with Gasteiger partial charge in [-0.15, -0.1) is 12.4 Å². The van der Waals surface area contributed by atoms with Gasteiger partial charge in [0.05, 0.1) is 18.7 Å². The summed E-state index contributed by atoms with van der Waals surface area (Å²) in [4.78, 5) is 22.9. The molecule has 0 aliphatic heterocycles. The van der Waals surface area contributed by atoms with Crippen molar-refractivity contribution in [3.63, 3.8) is 0 Å². The minimum atomic E-state index is -4.40. The van der Waals surface area contributed by atoms with Crippen molar-refractivity contribution in [2.45, 2.75) is 37.3 Å². The van der Waals surface area contributed by atoms with Gasteiger partial charge in [0.25, 0.3) is 0 Å². The van der Waals surface area contributed by atoms with E-state index in [0.717, 1.165) is 18.9 Å². The molecule has 1 aromatic rings. The van der Waals surface area contributed by atoms with E-state index < -0.39 is 23.1 Å². The van der Waals surface area contributed by atoms with Gasteiger partial charge in [0.15, 0.2) is 0 Å². The van der Waals surface area contributed by atoms with Crippen LogP contribution >= 0.6 is 12.4 Å². The Labute approximate surface area is 156 Å². The predicted molar refractivity (Wildman–Crippen MR) is 93.9 cm³/mol. The zero-order valence-corrected chi connectivity index (χ0v) is 15.0. The summed E-state index contributed by atoms with van der Waals surface area (Å²) < 4.78 is 38.9. The van der Waals surface area contributed by atoms with Crippen LogP contribution in [0.4, 0.5) is 13.2 Å². The van der Waals surface area contributed by atoms with E-state index in [2.05, 4.69) is 10.6 Å². The van der Waals surface area contributed by atoms with Gasteiger partial charge in [-0.3, -0.25) is 9.59 Å². The first-order valence-corrected chi connectivity index (χ1v) is 8.18. The molecule has 1 aliphatic rings. The topological polar surface area (TPSA) is 84.2 Å². The highest BCUT2D eigenvalue weighted by Crippen LogP contribution is 2.42. The SMILES string of the molecule is Cl.NCC(=O)NCC(=O)NCC1(c2cccc(C(F)(F)F)c2)CCCC1. The maximum atomic E-state index is 13.0. The quantitative estimate of drug-likeness (QED) is 0.692. The van der Waals surface area contributed by atoms with E-state index in [0.29, 0.717) is 18.4 Å². The Hall–Kier alpha value is -1.80. The molecule has 5 nitrogen and oxygen atoms in total. The predicted octanol–water partition coefficient (Wildman–Crippen LogP) is 2.13. The number of rotatable bonds is 6. The summed E-state index contributed by atoms with van der Waals surface area (Å²) in [6.07, 6.45) is -1.18. The van der Waals surface area contributed by atoms with E-state index in [4.69, 9.17) is 5.73 Å². The number of carbonyl (C=O) groups excluding carboxylic acids is 2. The fourth-order valence-electron chi connectivity index (χ4n) is 3.23. The number of carbonyl (C=O) groups is 2. The normalized spacial score (nSPS) is 15.8. The van der Waals surface area contributed by atoms with E-state index in [1.165, 1.54) is 12.1 Å². The molecule has 1 aliphatic carbocycles. The molecule has 1 aromatic carbocycles. The molecule has 0 radical (unpaired) electrons. The zero-order valence-electron chi connectivity index (χ0n) is 14.2. The highest BCUT2D eigenvalue weighted by atomic mass is 35.5. The monoisotopic (exact) mass is 393 g/mol. The molecule has 26 heavy (non-hydrogen) atoms. The first-order valence-electron chi connectivity index (χ1n) is 8.18. The first-order chi connectivity index (χ1) is 11.8. The number of halogens is 4. The van der Waals surface area contributed by atoms with Crippen molar-refractivity contribution in [3.8, 4) is 0 Å². The third-order valence-corrected chi connectivity index (χ3v) is 4.62. The van der Waals surface area contributed by atoms with Gasteiger partial charge in [-0.2, -0.15) is 13.2 Å². The van der Waals surface area contributed by atoms with Gasteiger partial charge >= 0.3 is 6.18 Å². The summed E-state index contributed by atoms with van der Waals surface area (Å²) in [5.74, 6) is -0.830. The van der Waals surface area contributed by atoms with Gasteiger partial charge in [0.1, 0.15) is 0 Å². The molecule has 2 amide bonds. The Morgan fingerprint density at radius 2 is 1.77 bits per heavy atom. The van der Waals surface area contributed by atoms with Crippen LogP contribution in [0.2, 0.25) is 0 Å². The molecule has 0 bridgehead atoms. The summed E-state index contributed by atoms with van der Waals surface area (Å²) >= 11 is 0. The lowest BCUT2D eigenvalue weighted by atomic mass is 9.78. The number of nitrogens with two attached hydrogens (primary N) is 1. The van der Waals surface area contributed by atoms with Crippen LogP contribution in [0.1, 0.15) is 36.8 Å². The van der Waals surface area contributed by atoms with Gasteiger partial charge < -0.3 is 16.4 Å². The van der Waals surface area contributed by atoms with E-state index >= 15 is 0 Å². The van der Waals surface area contributed by atoms with Gasteiger partial charge in [-0.25, -0.2) is 0 Å². The third-order valence-electron chi connectivity index (χ3n) is 4.62. The summed E-state index contributed by atoms with van der Waals surface area (Å²) in [6, 6.07) is 5.31. The molecule has 0 unspecified atom stereocenters. The van der Waals surface area contributed by atoms with Gasteiger partial charge in [0, 0.05) is 12.0 Å². The molecular formula is C17H23ClF3N3O2. The van der Waals surface area contributed by atoms with Crippen LogP contribution in [-0.4, -0.2) is 31.4 Å². The molecule has 0 aromatic heterocycles. The fraction of sp³-hybridized carbons (Fsp3) is 0.529. The Morgan fingerprint density at radius 3 is 2.35 bits per heavy atom. The second-order valence-electron chi connectivity index (χ2n) is 6.32. The second-order valence-corrected chi connectivity index (χ2v) is 6.32. The van der Waals surface area contributed by atoms with Crippen LogP contribution in [0.5, 0.6) is 0 Å². The molecule has 2 rings (SSSR count). The number of benzene rings is 1. The molecule has 9 heteroatoms. The summed E-state index contributed by atoms with van der Waals surface area (Å²) in [5, 5.41) is 5.09. The van der Waals surface area contributed by atoms with Crippen molar-refractivity contribution < 1.29 is 22.8 Å². The molecule has 0 heterocycles. The summed E-state index contributed by atoms with van der Waals surface area (Å²) in [6.45, 7) is -0.165. The first kappa shape index (κ1) is 22.2. The minimum Gasteiger partial charge on any atom is -0.354 e. The van der Waals surface area contributed by atoms with Crippen LogP contribution in [-0.2, 0) is 21.2 Å². The Morgan fingerprint density at radius 1 is 1.12 bits per heavy atom. The number of amides is 2. The second kappa shape index (κ2) is 9.23. The molecule has 0 saturated heterocycles. The van der Waals surface area contributed by atoms with Gasteiger partial charge in [-0.05, 0) is 24.5 Å². The van der Waals surface area contributed by atoms with Crippen molar-refractivity contribution >= 4 is 24.2 Å². The molecule has 146 valence electrons. The minimum absolute atomic E-state index is 0. The lowest BCUT2D eigenvalue weighted by Gasteiger charge is -2.30. The Balaban J connectivity index is 0.00000338. The maximum absolute atomic E-state index is 13.0. The Bertz CT molecular complexity index is 632. The van der Waals surface area contributed by atoms with Crippen molar-refractivity contribution in [1.29, 1.82) is 0 Å². The number of hydrogen-bond acceptors (Lipinski definition) is 3. The number of hydrogen-bond donors (Lipinski definition) is 3. The summed E-state index contributed by atoms with van der Waals surface area (Å²) in [7, 11) is 0. The smallest absolute Gasteiger partial charge is 0.354 e. The lowest BCUT2D eigenvalue weighted by molar-refractivity contribution is -0.137. The molecule has 4 N–H and O–H groups in total. The van der Waals surface area contributed by atoms with Crippen molar-refractivity contribution in [1.82, 2.24) is 10.6 Å². The average molecular weight is 394 g/mol. The van der Waals surface area contributed by atoms with Crippen LogP contribution in [0, 0.1) is 0 Å². The molecule has 0 atom stereocenters. The van der Waals surface area contributed by atoms with Gasteiger partial charge in [0.2, 0.25) is 11.8 Å². The number of nitrogens with one attached hydrogen (secondary N) is 2. The summed E-state index contributed by atoms with van der Waals surface area (Å²) in [5.41, 5.74) is 4.54. The van der Waals surface area contributed by atoms with Crippen molar-refractivity contribution in [2.24, 2.45) is 5.73 Å². The van der Waals surface area contributed by atoms with E-state index in [1.807, 2.05) is 0 Å². The number of alkyl halides is 3. The largest absolute Gasteiger partial charge is 0.416 e. The molecule has 1 saturated carbocycles. The highest BCUT2D eigenvalue weighted by molar-refractivity contribution is 5.85. The lowest BCUT2D eigenvalue weighted by Crippen LogP contribution is -2.44. The molecule has 1 fully saturated rings. The van der Waals surface area contributed by atoms with E-state index in [9.17, 15) is 22.8 Å². The van der Waals surface area contributed by atoms with Crippen LogP contribution in [0.15, 0.2) is 24.3 Å².